The summed E-state index contributed by atoms with van der Waals surface area (Å²) in [6.07, 6.45) is 3.49. The summed E-state index contributed by atoms with van der Waals surface area (Å²) in [6.45, 7) is 7.19. The summed E-state index contributed by atoms with van der Waals surface area (Å²) in [5.41, 5.74) is 1.04. The maximum atomic E-state index is 13.0. The van der Waals surface area contributed by atoms with E-state index in [1.807, 2.05) is 31.2 Å². The quantitative estimate of drug-likeness (QED) is 0.510. The average Bonchev–Trinajstić information content (AvgIpc) is 2.83. The molecule has 0 aliphatic heterocycles. The molecular formula is C27H42N2O5. The highest BCUT2D eigenvalue weighted by Gasteiger charge is 2.53. The fourth-order valence-electron chi connectivity index (χ4n) is 6.26. The third kappa shape index (κ3) is 5.92. The largest absolute Gasteiger partial charge is 0.497 e. The van der Waals surface area contributed by atoms with Crippen molar-refractivity contribution in [1.82, 2.24) is 10.6 Å². The zero-order valence-corrected chi connectivity index (χ0v) is 21.3. The first-order valence-electron chi connectivity index (χ1n) is 12.6. The Labute approximate surface area is 204 Å². The Morgan fingerprint density at radius 3 is 2.50 bits per heavy atom. The second kappa shape index (κ2) is 11.5. The van der Waals surface area contributed by atoms with E-state index < -0.39 is 6.10 Å². The molecule has 34 heavy (non-hydrogen) atoms. The maximum absolute atomic E-state index is 13.0. The minimum atomic E-state index is -0.575. The molecule has 3 rings (SSSR count). The van der Waals surface area contributed by atoms with Crippen LogP contribution in [0.15, 0.2) is 24.3 Å². The number of aliphatic hydroxyl groups is 1. The lowest BCUT2D eigenvalue weighted by Crippen LogP contribution is -2.58. The zero-order valence-electron chi connectivity index (χ0n) is 21.3. The van der Waals surface area contributed by atoms with Gasteiger partial charge < -0.3 is 25.2 Å². The molecule has 190 valence electrons. The molecule has 7 nitrogen and oxygen atoms in total. The molecule has 1 aromatic rings. The highest BCUT2D eigenvalue weighted by Crippen LogP contribution is 2.55. The van der Waals surface area contributed by atoms with Crippen LogP contribution in [-0.2, 0) is 20.9 Å². The van der Waals surface area contributed by atoms with Gasteiger partial charge in [-0.15, -0.1) is 0 Å². The van der Waals surface area contributed by atoms with Crippen molar-refractivity contribution in [3.8, 4) is 5.75 Å². The monoisotopic (exact) mass is 474 g/mol. The van der Waals surface area contributed by atoms with Gasteiger partial charge >= 0.3 is 0 Å². The Balaban J connectivity index is 1.62. The molecule has 1 aromatic carbocycles. The molecule has 0 aromatic heterocycles. The minimum Gasteiger partial charge on any atom is -0.497 e. The summed E-state index contributed by atoms with van der Waals surface area (Å²) < 4.78 is 10.2. The number of hydrogen-bond donors (Lipinski definition) is 3. The van der Waals surface area contributed by atoms with Crippen molar-refractivity contribution in [2.75, 3.05) is 20.8 Å². The Kier molecular flexibility index (Phi) is 8.99. The van der Waals surface area contributed by atoms with Gasteiger partial charge in [-0.05, 0) is 66.5 Å². The zero-order chi connectivity index (χ0) is 24.9. The lowest BCUT2D eigenvalue weighted by atomic mass is 9.51. The summed E-state index contributed by atoms with van der Waals surface area (Å²) in [6, 6.07) is 7.68. The fourth-order valence-corrected chi connectivity index (χ4v) is 6.26. The second-order valence-corrected chi connectivity index (χ2v) is 10.5. The van der Waals surface area contributed by atoms with Crippen molar-refractivity contribution >= 4 is 11.8 Å². The van der Waals surface area contributed by atoms with E-state index in [4.69, 9.17) is 9.47 Å². The number of ether oxygens (including phenoxy) is 2. The average molecular weight is 475 g/mol. The summed E-state index contributed by atoms with van der Waals surface area (Å²) in [5.74, 6) is 0.543. The predicted molar refractivity (Wildman–Crippen MR) is 131 cm³/mol. The van der Waals surface area contributed by atoms with Crippen LogP contribution in [0.25, 0.3) is 0 Å². The molecule has 2 aliphatic rings. The molecule has 0 heterocycles. The van der Waals surface area contributed by atoms with Crippen LogP contribution in [0, 0.1) is 29.1 Å². The number of carbonyl (C=O) groups is 2. The third-order valence-electron chi connectivity index (χ3n) is 8.45. The smallest absolute Gasteiger partial charge is 0.223 e. The Morgan fingerprint density at radius 2 is 1.85 bits per heavy atom. The van der Waals surface area contributed by atoms with E-state index in [0.717, 1.165) is 37.0 Å². The number of fused-ring (bicyclic) bond motifs is 1. The molecule has 0 bridgehead atoms. The van der Waals surface area contributed by atoms with E-state index >= 15 is 0 Å². The molecule has 0 saturated heterocycles. The number of methoxy groups -OCH3 is 2. The van der Waals surface area contributed by atoms with Crippen molar-refractivity contribution in [2.45, 2.75) is 71.6 Å². The highest BCUT2D eigenvalue weighted by molar-refractivity contribution is 5.78. The van der Waals surface area contributed by atoms with Gasteiger partial charge in [0.1, 0.15) is 5.75 Å². The van der Waals surface area contributed by atoms with Crippen LogP contribution in [-0.4, -0.2) is 49.9 Å². The van der Waals surface area contributed by atoms with Crippen LogP contribution in [0.1, 0.15) is 58.4 Å². The first-order chi connectivity index (χ1) is 16.2. The van der Waals surface area contributed by atoms with Crippen molar-refractivity contribution in [1.29, 1.82) is 0 Å². The van der Waals surface area contributed by atoms with E-state index in [1.165, 1.54) is 0 Å². The van der Waals surface area contributed by atoms with E-state index in [2.05, 4.69) is 24.5 Å². The van der Waals surface area contributed by atoms with Gasteiger partial charge in [-0.25, -0.2) is 0 Å². The molecule has 2 aliphatic carbocycles. The first kappa shape index (κ1) is 26.5. The lowest BCUT2D eigenvalue weighted by Gasteiger charge is -2.56. The second-order valence-electron chi connectivity index (χ2n) is 10.5. The highest BCUT2D eigenvalue weighted by atomic mass is 16.5. The summed E-state index contributed by atoms with van der Waals surface area (Å²) in [5, 5.41) is 17.7. The summed E-state index contributed by atoms with van der Waals surface area (Å²) in [4.78, 5) is 25.3. The molecule has 7 atom stereocenters. The number of rotatable bonds is 9. The third-order valence-corrected chi connectivity index (χ3v) is 8.45. The van der Waals surface area contributed by atoms with Crippen LogP contribution in [0.4, 0.5) is 0 Å². The Hall–Kier alpha value is -2.12. The number of amides is 2. The molecule has 0 spiro atoms. The van der Waals surface area contributed by atoms with Crippen LogP contribution in [0.3, 0.4) is 0 Å². The van der Waals surface area contributed by atoms with Crippen LogP contribution < -0.4 is 15.4 Å². The Bertz CT molecular complexity index is 829. The number of aliphatic hydroxyl groups excluding tert-OH is 1. The standard InChI is InChI=1S/C27H42N2O5/c1-17(26(32)28-16-19-6-8-20(34-5)9-7-19)21-10-13-27(3)14-11-22(18(2)24(27)25(21)31)29-23(30)12-15-33-4/h6-9,17-18,21-22,24-25,31H,10-16H2,1-5H3,(H,28,32)(H,29,30)/t17-,18+,21-,22-,24+,25-,27-/m0/s1. The minimum absolute atomic E-state index is 0.00423. The molecule has 2 fully saturated rings. The van der Waals surface area contributed by atoms with Crippen molar-refractivity contribution in [3.05, 3.63) is 29.8 Å². The van der Waals surface area contributed by atoms with Gasteiger partial charge in [-0.1, -0.05) is 32.9 Å². The van der Waals surface area contributed by atoms with Crippen molar-refractivity contribution < 1.29 is 24.2 Å². The van der Waals surface area contributed by atoms with Gasteiger partial charge in [-0.3, -0.25) is 9.59 Å². The van der Waals surface area contributed by atoms with E-state index in [0.29, 0.717) is 19.6 Å². The number of nitrogens with one attached hydrogen (secondary N) is 2. The molecule has 7 heteroatoms. The van der Waals surface area contributed by atoms with E-state index in [9.17, 15) is 14.7 Å². The number of benzene rings is 1. The van der Waals surface area contributed by atoms with Crippen LogP contribution in [0.2, 0.25) is 0 Å². The van der Waals surface area contributed by atoms with Gasteiger partial charge in [0.2, 0.25) is 11.8 Å². The Morgan fingerprint density at radius 1 is 1.18 bits per heavy atom. The molecule has 2 amide bonds. The topological polar surface area (TPSA) is 96.9 Å². The number of hydrogen-bond acceptors (Lipinski definition) is 5. The van der Waals surface area contributed by atoms with Gasteiger partial charge in [0, 0.05) is 32.0 Å². The number of carbonyl (C=O) groups excluding carboxylic acids is 2. The molecular weight excluding hydrogens is 432 g/mol. The fraction of sp³-hybridized carbons (Fsp3) is 0.704. The summed E-state index contributed by atoms with van der Waals surface area (Å²) in [7, 11) is 3.22. The molecule has 0 radical (unpaired) electrons. The normalized spacial score (nSPS) is 31.8. The maximum Gasteiger partial charge on any atom is 0.223 e. The molecule has 0 unspecified atom stereocenters. The van der Waals surface area contributed by atoms with Gasteiger partial charge in [0.25, 0.3) is 0 Å². The van der Waals surface area contributed by atoms with Gasteiger partial charge in [0.05, 0.1) is 19.8 Å². The molecule has 3 N–H and O–H groups in total. The van der Waals surface area contributed by atoms with Crippen molar-refractivity contribution in [2.24, 2.45) is 29.1 Å². The SMILES string of the molecule is COCCC(=O)N[C@H]1CC[C@]2(C)CC[C@@H]([C@H](C)C(=O)NCc3ccc(OC)cc3)[C@H](O)[C@H]2[C@@H]1C. The molecule has 2 saturated carbocycles. The van der Waals surface area contributed by atoms with Crippen molar-refractivity contribution in [3.63, 3.8) is 0 Å². The van der Waals surface area contributed by atoms with Crippen LogP contribution >= 0.6 is 0 Å². The van der Waals surface area contributed by atoms with Crippen LogP contribution in [0.5, 0.6) is 5.75 Å². The lowest BCUT2D eigenvalue weighted by molar-refractivity contribution is -0.144. The first-order valence-corrected chi connectivity index (χ1v) is 12.6. The van der Waals surface area contributed by atoms with Gasteiger partial charge in [0.15, 0.2) is 0 Å². The summed E-state index contributed by atoms with van der Waals surface area (Å²) >= 11 is 0. The predicted octanol–water partition coefficient (Wildman–Crippen LogP) is 3.29. The van der Waals surface area contributed by atoms with E-state index in [1.54, 1.807) is 14.2 Å². The van der Waals surface area contributed by atoms with E-state index in [-0.39, 0.29) is 46.9 Å². The van der Waals surface area contributed by atoms with Gasteiger partial charge in [-0.2, -0.15) is 0 Å².